The Morgan fingerprint density at radius 3 is 2.57 bits per heavy atom. The summed E-state index contributed by atoms with van der Waals surface area (Å²) in [5.41, 5.74) is 0. The summed E-state index contributed by atoms with van der Waals surface area (Å²) < 4.78 is 32.8. The van der Waals surface area contributed by atoms with Gasteiger partial charge in [-0.05, 0) is 49.3 Å². The van der Waals surface area contributed by atoms with E-state index in [-0.39, 0.29) is 15.7 Å². The molecular weight excluding hydrogens is 396 g/mol. The van der Waals surface area contributed by atoms with Gasteiger partial charge in [-0.1, -0.05) is 24.6 Å². The number of hydrogen-bond acceptors (Lipinski definition) is 5. The van der Waals surface area contributed by atoms with Crippen LogP contribution in [-0.2, 0) is 10.0 Å². The molecule has 0 saturated carbocycles. The van der Waals surface area contributed by atoms with Gasteiger partial charge in [0.15, 0.2) is 0 Å². The van der Waals surface area contributed by atoms with Crippen LogP contribution in [0.3, 0.4) is 0 Å². The maximum absolute atomic E-state index is 12.9. The van der Waals surface area contributed by atoms with Gasteiger partial charge in [-0.3, -0.25) is 4.79 Å². The third-order valence-corrected chi connectivity index (χ3v) is 7.62. The first-order valence-corrected chi connectivity index (χ1v) is 11.9. The van der Waals surface area contributed by atoms with E-state index in [4.69, 9.17) is 4.74 Å². The number of ether oxygens (including phenoxy) is 1. The molecule has 8 heteroatoms. The number of carbonyl (C=O) groups is 1. The average Bonchev–Trinajstić information content (AvgIpc) is 3.23. The number of nitrogens with zero attached hydrogens (tertiary/aromatic N) is 1. The number of carbonyl (C=O) groups excluding carboxylic acids is 1. The number of amides is 1. The van der Waals surface area contributed by atoms with Crippen molar-refractivity contribution in [1.29, 1.82) is 0 Å². The molecule has 1 amide bonds. The number of para-hydroxylation sites is 1. The van der Waals surface area contributed by atoms with Crippen LogP contribution in [0.4, 0.5) is 0 Å². The first-order chi connectivity index (χ1) is 13.6. The van der Waals surface area contributed by atoms with Gasteiger partial charge in [0.05, 0.1) is 6.61 Å². The van der Waals surface area contributed by atoms with Crippen LogP contribution in [0.15, 0.2) is 46.7 Å². The Kier molecular flexibility index (Phi) is 7.47. The van der Waals surface area contributed by atoms with E-state index in [0.717, 1.165) is 37.9 Å². The third-order valence-electron chi connectivity index (χ3n) is 4.64. The lowest BCUT2D eigenvalue weighted by molar-refractivity contribution is 0.0953. The van der Waals surface area contributed by atoms with Gasteiger partial charge < -0.3 is 10.1 Å². The summed E-state index contributed by atoms with van der Waals surface area (Å²) in [6, 6.07) is 11.1. The molecule has 0 unspecified atom stereocenters. The van der Waals surface area contributed by atoms with Crippen molar-refractivity contribution in [2.24, 2.45) is 0 Å². The predicted molar refractivity (Wildman–Crippen MR) is 110 cm³/mol. The molecule has 0 bridgehead atoms. The highest BCUT2D eigenvalue weighted by Crippen LogP contribution is 2.27. The van der Waals surface area contributed by atoms with Gasteiger partial charge in [0.2, 0.25) is 10.0 Å². The summed E-state index contributed by atoms with van der Waals surface area (Å²) in [5.74, 6) is 0.507. The summed E-state index contributed by atoms with van der Waals surface area (Å²) in [7, 11) is -3.60. The number of unbranched alkanes of at least 4 members (excludes halogenated alkanes) is 1. The fraction of sp³-hybridized carbons (Fsp3) is 0.450. The molecule has 0 radical (unpaired) electrons. The number of benzene rings is 1. The van der Waals surface area contributed by atoms with Crippen molar-refractivity contribution in [1.82, 2.24) is 9.62 Å². The minimum absolute atomic E-state index is 0.129. The lowest BCUT2D eigenvalue weighted by atomic mass is 10.2. The Bertz CT molecular complexity index is 859. The normalized spacial score (nSPS) is 15.3. The van der Waals surface area contributed by atoms with E-state index in [2.05, 4.69) is 5.32 Å². The van der Waals surface area contributed by atoms with Crippen LogP contribution in [0, 0.1) is 0 Å². The maximum atomic E-state index is 12.9. The van der Waals surface area contributed by atoms with E-state index in [9.17, 15) is 13.2 Å². The van der Waals surface area contributed by atoms with Crippen molar-refractivity contribution < 1.29 is 17.9 Å². The number of sulfonamides is 1. The number of piperidine rings is 1. The molecule has 0 spiro atoms. The van der Waals surface area contributed by atoms with Crippen LogP contribution >= 0.6 is 11.3 Å². The zero-order chi connectivity index (χ0) is 19.8. The summed E-state index contributed by atoms with van der Waals surface area (Å²) in [4.78, 5) is 12.9. The van der Waals surface area contributed by atoms with Crippen molar-refractivity contribution in [3.05, 3.63) is 46.7 Å². The van der Waals surface area contributed by atoms with E-state index in [1.165, 1.54) is 21.7 Å². The second kappa shape index (κ2) is 10.0. The highest BCUT2D eigenvalue weighted by Gasteiger charge is 2.30. The summed E-state index contributed by atoms with van der Waals surface area (Å²) in [6.07, 6.45) is 4.36. The molecule has 6 nitrogen and oxygen atoms in total. The molecule has 1 aliphatic heterocycles. The predicted octanol–water partition coefficient (Wildman–Crippen LogP) is 3.51. The molecule has 2 heterocycles. The number of thiophene rings is 1. The molecular formula is C20H26N2O4S2. The van der Waals surface area contributed by atoms with E-state index in [1.807, 2.05) is 30.3 Å². The molecule has 1 fully saturated rings. The molecule has 1 saturated heterocycles. The second-order valence-corrected chi connectivity index (χ2v) is 9.53. The molecule has 0 atom stereocenters. The van der Waals surface area contributed by atoms with E-state index < -0.39 is 10.0 Å². The highest BCUT2D eigenvalue weighted by molar-refractivity contribution is 7.89. The summed E-state index contributed by atoms with van der Waals surface area (Å²) in [5, 5.41) is 4.50. The topological polar surface area (TPSA) is 75.7 Å². The van der Waals surface area contributed by atoms with Crippen LogP contribution in [0.1, 0.15) is 41.8 Å². The Labute approximate surface area is 170 Å². The zero-order valence-corrected chi connectivity index (χ0v) is 17.4. The standard InChI is InChI=1S/C20H26N2O4S2/c23-20(21-12-5-8-15-26-17-9-3-1-4-10-17)19-18(11-16-27-19)28(24,25)22-13-6-2-7-14-22/h1,3-4,9-11,16H,2,5-8,12-15H2,(H,21,23). The molecule has 28 heavy (non-hydrogen) atoms. The first kappa shape index (κ1) is 20.8. The Balaban J connectivity index is 1.47. The fourth-order valence-corrected chi connectivity index (χ4v) is 5.96. The van der Waals surface area contributed by atoms with Crippen LogP contribution in [-0.4, -0.2) is 44.9 Å². The molecule has 3 rings (SSSR count). The SMILES string of the molecule is O=C(NCCCCOc1ccccc1)c1sccc1S(=O)(=O)N1CCCCC1. The van der Waals surface area contributed by atoms with Crippen molar-refractivity contribution in [3.63, 3.8) is 0 Å². The van der Waals surface area contributed by atoms with Gasteiger partial charge in [0.25, 0.3) is 5.91 Å². The maximum Gasteiger partial charge on any atom is 0.262 e. The molecule has 1 aliphatic rings. The Hall–Kier alpha value is -1.90. The largest absolute Gasteiger partial charge is 0.494 e. The number of rotatable bonds is 9. The van der Waals surface area contributed by atoms with Gasteiger partial charge in [0, 0.05) is 19.6 Å². The molecule has 1 aromatic heterocycles. The van der Waals surface area contributed by atoms with Crippen LogP contribution in [0.2, 0.25) is 0 Å². The second-order valence-electron chi connectivity index (χ2n) is 6.70. The number of nitrogens with one attached hydrogen (secondary N) is 1. The molecule has 2 aromatic rings. The van der Waals surface area contributed by atoms with Crippen LogP contribution in [0.5, 0.6) is 5.75 Å². The van der Waals surface area contributed by atoms with Gasteiger partial charge in [-0.15, -0.1) is 11.3 Å². The quantitative estimate of drug-likeness (QED) is 0.628. The first-order valence-electron chi connectivity index (χ1n) is 9.63. The monoisotopic (exact) mass is 422 g/mol. The van der Waals surface area contributed by atoms with Gasteiger partial charge >= 0.3 is 0 Å². The molecule has 152 valence electrons. The van der Waals surface area contributed by atoms with E-state index in [1.54, 1.807) is 5.38 Å². The smallest absolute Gasteiger partial charge is 0.262 e. The van der Waals surface area contributed by atoms with Gasteiger partial charge in [0.1, 0.15) is 15.5 Å². The van der Waals surface area contributed by atoms with Crippen molar-refractivity contribution in [2.75, 3.05) is 26.2 Å². The average molecular weight is 423 g/mol. The molecule has 1 aromatic carbocycles. The molecule has 1 N–H and O–H groups in total. The Morgan fingerprint density at radius 1 is 1.07 bits per heavy atom. The summed E-state index contributed by atoms with van der Waals surface area (Å²) in [6.45, 7) is 2.12. The zero-order valence-electron chi connectivity index (χ0n) is 15.8. The van der Waals surface area contributed by atoms with Crippen LogP contribution in [0.25, 0.3) is 0 Å². The van der Waals surface area contributed by atoms with Crippen LogP contribution < -0.4 is 10.1 Å². The van der Waals surface area contributed by atoms with E-state index in [0.29, 0.717) is 26.2 Å². The third kappa shape index (κ3) is 5.33. The molecule has 0 aliphatic carbocycles. The van der Waals surface area contributed by atoms with Crippen molar-refractivity contribution in [3.8, 4) is 5.75 Å². The van der Waals surface area contributed by atoms with E-state index >= 15 is 0 Å². The summed E-state index contributed by atoms with van der Waals surface area (Å²) >= 11 is 1.17. The van der Waals surface area contributed by atoms with Gasteiger partial charge in [-0.2, -0.15) is 4.31 Å². The Morgan fingerprint density at radius 2 is 1.82 bits per heavy atom. The minimum atomic E-state index is -3.60. The minimum Gasteiger partial charge on any atom is -0.494 e. The van der Waals surface area contributed by atoms with Gasteiger partial charge in [-0.25, -0.2) is 8.42 Å². The lowest BCUT2D eigenvalue weighted by Gasteiger charge is -2.25. The van der Waals surface area contributed by atoms with Crippen molar-refractivity contribution in [2.45, 2.75) is 37.0 Å². The fourth-order valence-electron chi connectivity index (χ4n) is 3.13. The lowest BCUT2D eigenvalue weighted by Crippen LogP contribution is -2.36. The highest BCUT2D eigenvalue weighted by atomic mass is 32.2. The number of hydrogen-bond donors (Lipinski definition) is 1. The van der Waals surface area contributed by atoms with Crippen molar-refractivity contribution >= 4 is 27.3 Å².